The van der Waals surface area contributed by atoms with Crippen LogP contribution in [0.4, 0.5) is 5.69 Å². The van der Waals surface area contributed by atoms with Gasteiger partial charge in [0.25, 0.3) is 0 Å². The summed E-state index contributed by atoms with van der Waals surface area (Å²) in [7, 11) is 1.65. The van der Waals surface area contributed by atoms with Gasteiger partial charge < -0.3 is 15.0 Å². The minimum Gasteiger partial charge on any atom is -0.385 e. The number of aryl methyl sites for hydroxylation is 2. The first-order valence-electron chi connectivity index (χ1n) is 8.79. The highest BCUT2D eigenvalue weighted by atomic mass is 16.5. The molecule has 1 aliphatic heterocycles. The fourth-order valence-electron chi connectivity index (χ4n) is 3.19. The third kappa shape index (κ3) is 4.35. The lowest BCUT2D eigenvalue weighted by Crippen LogP contribution is -2.30. The Balaban J connectivity index is 2.02. The predicted octanol–water partition coefficient (Wildman–Crippen LogP) is 2.63. The van der Waals surface area contributed by atoms with Crippen LogP contribution in [0.1, 0.15) is 37.8 Å². The molecule has 1 atom stereocenters. The second kappa shape index (κ2) is 8.83. The van der Waals surface area contributed by atoms with Gasteiger partial charge in [0.15, 0.2) is 0 Å². The van der Waals surface area contributed by atoms with E-state index in [2.05, 4.69) is 19.2 Å². The molecule has 0 radical (unpaired) electrons. The minimum atomic E-state index is -0.269. The third-order valence-electron chi connectivity index (χ3n) is 4.61. The molecule has 5 heteroatoms. The van der Waals surface area contributed by atoms with Crippen molar-refractivity contribution in [3.63, 3.8) is 0 Å². The van der Waals surface area contributed by atoms with Crippen LogP contribution >= 0.6 is 0 Å². The summed E-state index contributed by atoms with van der Waals surface area (Å²) in [5, 5.41) is 3.09. The number of nitrogens with zero attached hydrogens (tertiary/aromatic N) is 1. The van der Waals surface area contributed by atoms with Gasteiger partial charge in [0.1, 0.15) is 0 Å². The molecule has 1 aliphatic rings. The Kier molecular flexibility index (Phi) is 6.79. The van der Waals surface area contributed by atoms with Crippen LogP contribution in [-0.2, 0) is 27.2 Å². The zero-order chi connectivity index (χ0) is 17.5. The molecule has 1 saturated heterocycles. The first kappa shape index (κ1) is 18.5. The van der Waals surface area contributed by atoms with Gasteiger partial charge in [0, 0.05) is 38.9 Å². The first-order valence-corrected chi connectivity index (χ1v) is 8.79. The highest BCUT2D eigenvalue weighted by Gasteiger charge is 2.34. The predicted molar refractivity (Wildman–Crippen MR) is 95.0 cm³/mol. The largest absolute Gasteiger partial charge is 0.385 e. The molecule has 0 aromatic heterocycles. The van der Waals surface area contributed by atoms with Crippen molar-refractivity contribution in [2.75, 3.05) is 32.1 Å². The topological polar surface area (TPSA) is 58.6 Å². The number of nitrogens with one attached hydrogen (secondary N) is 1. The van der Waals surface area contributed by atoms with Crippen LogP contribution in [0.3, 0.4) is 0 Å². The summed E-state index contributed by atoms with van der Waals surface area (Å²) in [5.74, 6) is -0.256. The van der Waals surface area contributed by atoms with Crippen molar-refractivity contribution in [1.82, 2.24) is 4.90 Å². The van der Waals surface area contributed by atoms with Crippen molar-refractivity contribution in [2.45, 2.75) is 39.5 Å². The number of hydrogen-bond acceptors (Lipinski definition) is 3. The molecule has 1 aromatic rings. The second-order valence-electron chi connectivity index (χ2n) is 6.23. The van der Waals surface area contributed by atoms with Gasteiger partial charge in [-0.15, -0.1) is 0 Å². The van der Waals surface area contributed by atoms with Gasteiger partial charge in [-0.25, -0.2) is 0 Å². The highest BCUT2D eigenvalue weighted by molar-refractivity contribution is 5.98. The van der Waals surface area contributed by atoms with Crippen LogP contribution in [0.5, 0.6) is 0 Å². The molecule has 0 bridgehead atoms. The van der Waals surface area contributed by atoms with E-state index in [0.717, 1.165) is 36.1 Å². The smallest absolute Gasteiger partial charge is 0.229 e. The van der Waals surface area contributed by atoms with Crippen LogP contribution in [-0.4, -0.2) is 43.5 Å². The Hall–Kier alpha value is -1.88. The molecule has 1 unspecified atom stereocenters. The van der Waals surface area contributed by atoms with Crippen molar-refractivity contribution in [1.29, 1.82) is 0 Å². The monoisotopic (exact) mass is 332 g/mol. The number of likely N-dealkylation sites (tertiary alicyclic amines) is 1. The zero-order valence-corrected chi connectivity index (χ0v) is 14.9. The Morgan fingerprint density at radius 2 is 1.96 bits per heavy atom. The Bertz CT molecular complexity index is 564. The number of amides is 2. The number of anilines is 1. The van der Waals surface area contributed by atoms with Crippen LogP contribution in [0.15, 0.2) is 18.2 Å². The van der Waals surface area contributed by atoms with Gasteiger partial charge in [-0.1, -0.05) is 32.0 Å². The second-order valence-corrected chi connectivity index (χ2v) is 6.23. The Morgan fingerprint density at radius 3 is 2.54 bits per heavy atom. The zero-order valence-electron chi connectivity index (χ0n) is 14.9. The molecule has 1 fully saturated rings. The van der Waals surface area contributed by atoms with E-state index >= 15 is 0 Å². The van der Waals surface area contributed by atoms with E-state index in [1.54, 1.807) is 12.0 Å². The summed E-state index contributed by atoms with van der Waals surface area (Å²) < 4.78 is 5.02. The molecule has 2 amide bonds. The van der Waals surface area contributed by atoms with E-state index in [0.29, 0.717) is 26.1 Å². The minimum absolute atomic E-state index is 0.0480. The molecule has 5 nitrogen and oxygen atoms in total. The lowest BCUT2D eigenvalue weighted by molar-refractivity contribution is -0.128. The average molecular weight is 332 g/mol. The maximum absolute atomic E-state index is 12.7. The number of rotatable bonds is 8. The lowest BCUT2D eigenvalue weighted by atomic mass is 10.0. The number of para-hydroxylation sites is 1. The molecular weight excluding hydrogens is 304 g/mol. The molecule has 0 spiro atoms. The third-order valence-corrected chi connectivity index (χ3v) is 4.61. The van der Waals surface area contributed by atoms with E-state index in [9.17, 15) is 9.59 Å². The van der Waals surface area contributed by atoms with E-state index < -0.39 is 0 Å². The number of methoxy groups -OCH3 is 1. The van der Waals surface area contributed by atoms with Crippen LogP contribution in [0.25, 0.3) is 0 Å². The maximum atomic E-state index is 12.7. The van der Waals surface area contributed by atoms with E-state index in [1.807, 2.05) is 18.2 Å². The normalized spacial score (nSPS) is 17.4. The summed E-state index contributed by atoms with van der Waals surface area (Å²) >= 11 is 0. The summed E-state index contributed by atoms with van der Waals surface area (Å²) in [5.41, 5.74) is 3.21. The van der Waals surface area contributed by atoms with Gasteiger partial charge in [0.05, 0.1) is 5.92 Å². The molecule has 1 N–H and O–H groups in total. The molecule has 24 heavy (non-hydrogen) atoms. The van der Waals surface area contributed by atoms with Crippen molar-refractivity contribution in [2.24, 2.45) is 5.92 Å². The lowest BCUT2D eigenvalue weighted by Gasteiger charge is -2.18. The van der Waals surface area contributed by atoms with Crippen LogP contribution in [0.2, 0.25) is 0 Å². The number of hydrogen-bond donors (Lipinski definition) is 1. The number of benzene rings is 1. The van der Waals surface area contributed by atoms with E-state index in [1.165, 1.54) is 0 Å². The van der Waals surface area contributed by atoms with Crippen molar-refractivity contribution < 1.29 is 14.3 Å². The van der Waals surface area contributed by atoms with Gasteiger partial charge in [-0.2, -0.15) is 0 Å². The summed E-state index contributed by atoms with van der Waals surface area (Å²) in [4.78, 5) is 26.5. The summed E-state index contributed by atoms with van der Waals surface area (Å²) in [6, 6.07) is 6.13. The molecule has 132 valence electrons. The Labute approximate surface area is 144 Å². The van der Waals surface area contributed by atoms with Crippen molar-refractivity contribution in [3.8, 4) is 0 Å². The number of carbonyl (C=O) groups is 2. The van der Waals surface area contributed by atoms with E-state index in [-0.39, 0.29) is 17.7 Å². The quantitative estimate of drug-likeness (QED) is 0.745. The number of carbonyl (C=O) groups excluding carboxylic acids is 2. The van der Waals surface area contributed by atoms with Gasteiger partial charge in [-0.3, -0.25) is 9.59 Å². The maximum Gasteiger partial charge on any atom is 0.229 e. The summed E-state index contributed by atoms with van der Waals surface area (Å²) in [6.45, 7) is 5.96. The SMILES string of the molecule is CCc1cccc(CC)c1NC(=O)C1CC(=O)N(CCCOC)C1. The van der Waals surface area contributed by atoms with Gasteiger partial charge in [-0.05, 0) is 30.4 Å². The van der Waals surface area contributed by atoms with Crippen molar-refractivity contribution >= 4 is 17.5 Å². The van der Waals surface area contributed by atoms with Crippen LogP contribution in [0, 0.1) is 5.92 Å². The average Bonchev–Trinajstić information content (AvgIpc) is 2.96. The fraction of sp³-hybridized carbons (Fsp3) is 0.579. The Morgan fingerprint density at radius 1 is 1.29 bits per heavy atom. The standard InChI is InChI=1S/C19H28N2O3/c1-4-14-8-6-9-15(5-2)18(14)20-19(23)16-12-17(22)21(13-16)10-7-11-24-3/h6,8-9,16H,4-5,7,10-13H2,1-3H3,(H,20,23). The molecule has 2 rings (SSSR count). The number of ether oxygens (including phenoxy) is 1. The first-order chi connectivity index (χ1) is 11.6. The van der Waals surface area contributed by atoms with Crippen LogP contribution < -0.4 is 5.32 Å². The van der Waals surface area contributed by atoms with Gasteiger partial charge >= 0.3 is 0 Å². The molecule has 0 saturated carbocycles. The van der Waals surface area contributed by atoms with E-state index in [4.69, 9.17) is 4.74 Å². The molecule has 1 aromatic carbocycles. The van der Waals surface area contributed by atoms with Gasteiger partial charge in [0.2, 0.25) is 11.8 Å². The fourth-order valence-corrected chi connectivity index (χ4v) is 3.19. The highest BCUT2D eigenvalue weighted by Crippen LogP contribution is 2.25. The van der Waals surface area contributed by atoms with Crippen molar-refractivity contribution in [3.05, 3.63) is 29.3 Å². The molecular formula is C19H28N2O3. The summed E-state index contributed by atoms with van der Waals surface area (Å²) in [6.07, 6.45) is 2.84. The molecule has 0 aliphatic carbocycles. The molecule has 1 heterocycles.